The minimum atomic E-state index is -3.96. The lowest BCUT2D eigenvalue weighted by molar-refractivity contribution is 0.0675. The number of nitrogens with zero attached hydrogens (tertiary/aromatic N) is 1. The highest BCUT2D eigenvalue weighted by molar-refractivity contribution is 7.94. The van der Waals surface area contributed by atoms with Crippen molar-refractivity contribution in [1.82, 2.24) is 9.62 Å². The fourth-order valence-electron chi connectivity index (χ4n) is 2.69. The molecule has 1 aliphatic heterocycles. The number of ether oxygens (including phenoxy) is 2. The van der Waals surface area contributed by atoms with Crippen LogP contribution >= 0.6 is 11.3 Å². The van der Waals surface area contributed by atoms with Gasteiger partial charge in [0.1, 0.15) is 8.42 Å². The summed E-state index contributed by atoms with van der Waals surface area (Å²) in [6.07, 6.45) is 0.532. The molecule has 0 unspecified atom stereocenters. The normalized spacial score (nSPS) is 20.2. The fourth-order valence-corrected chi connectivity index (χ4v) is 6.99. The topological polar surface area (TPSA) is 128 Å². The van der Waals surface area contributed by atoms with E-state index in [2.05, 4.69) is 5.32 Å². The highest BCUT2D eigenvalue weighted by Crippen LogP contribution is 2.39. The number of fused-ring (bicyclic) bond motifs is 1. The molecule has 12 heteroatoms. The SMILES string of the molecule is CCN[C@H]1CN(CCCOCCOC)S(=O)(=O)c2sc(S(N)(=O)=O)cc21. The standard InChI is InChI=1S/C14H25N3O6S3/c1-3-16-12-10-17(5-4-6-23-8-7-22-2)26(20,21)14-11(12)9-13(24-14)25(15,18)19/h9,12,16H,3-8,10H2,1-2H3,(H2,15,18,19)/t12-/m0/s1. The first-order valence-corrected chi connectivity index (χ1v) is 12.0. The summed E-state index contributed by atoms with van der Waals surface area (Å²) in [6.45, 7) is 4.42. The quantitative estimate of drug-likeness (QED) is 0.507. The van der Waals surface area contributed by atoms with Crippen LogP contribution in [0.1, 0.15) is 24.9 Å². The van der Waals surface area contributed by atoms with Crippen LogP contribution in [0.3, 0.4) is 0 Å². The molecule has 1 aliphatic rings. The highest BCUT2D eigenvalue weighted by atomic mass is 32.3. The van der Waals surface area contributed by atoms with Crippen LogP contribution in [0.2, 0.25) is 0 Å². The number of sulfonamides is 2. The van der Waals surface area contributed by atoms with Crippen LogP contribution in [-0.4, -0.2) is 67.7 Å². The lowest BCUT2D eigenvalue weighted by Gasteiger charge is -2.32. The first kappa shape index (κ1) is 21.7. The van der Waals surface area contributed by atoms with E-state index in [1.54, 1.807) is 7.11 Å². The summed E-state index contributed by atoms with van der Waals surface area (Å²) in [4.78, 5) is 0. The second-order valence-electron chi connectivity index (χ2n) is 5.79. The molecule has 0 aromatic carbocycles. The highest BCUT2D eigenvalue weighted by Gasteiger charge is 2.39. The average Bonchev–Trinajstić information content (AvgIpc) is 3.02. The summed E-state index contributed by atoms with van der Waals surface area (Å²) in [5.74, 6) is 0. The van der Waals surface area contributed by atoms with Gasteiger partial charge in [-0.25, -0.2) is 22.0 Å². The third kappa shape index (κ3) is 5.01. The summed E-state index contributed by atoms with van der Waals surface area (Å²) in [5, 5.41) is 8.39. The molecule has 2 heterocycles. The summed E-state index contributed by atoms with van der Waals surface area (Å²) in [6, 6.07) is 1.09. The van der Waals surface area contributed by atoms with Gasteiger partial charge in [-0.3, -0.25) is 0 Å². The van der Waals surface area contributed by atoms with Crippen molar-refractivity contribution in [2.75, 3.05) is 46.6 Å². The van der Waals surface area contributed by atoms with Crippen LogP contribution < -0.4 is 10.5 Å². The van der Waals surface area contributed by atoms with Gasteiger partial charge in [0.25, 0.3) is 10.0 Å². The van der Waals surface area contributed by atoms with Crippen molar-refractivity contribution in [3.8, 4) is 0 Å². The lowest BCUT2D eigenvalue weighted by Crippen LogP contribution is -2.43. The molecule has 2 rings (SSSR count). The van der Waals surface area contributed by atoms with E-state index >= 15 is 0 Å². The molecular formula is C14H25N3O6S3. The Morgan fingerprint density at radius 2 is 2.12 bits per heavy atom. The maximum atomic E-state index is 12.9. The van der Waals surface area contributed by atoms with Gasteiger partial charge in [0.05, 0.1) is 13.2 Å². The largest absolute Gasteiger partial charge is 0.382 e. The maximum absolute atomic E-state index is 12.9. The van der Waals surface area contributed by atoms with Gasteiger partial charge in [-0.15, -0.1) is 11.3 Å². The summed E-state index contributed by atoms with van der Waals surface area (Å²) < 4.78 is 60.5. The molecule has 9 nitrogen and oxygen atoms in total. The Bertz CT molecular complexity index is 806. The van der Waals surface area contributed by atoms with Crippen molar-refractivity contribution < 1.29 is 26.3 Å². The number of hydrogen-bond acceptors (Lipinski definition) is 8. The molecule has 0 fully saturated rings. The van der Waals surface area contributed by atoms with Crippen LogP contribution in [0, 0.1) is 0 Å². The van der Waals surface area contributed by atoms with E-state index in [4.69, 9.17) is 14.6 Å². The second kappa shape index (κ2) is 9.06. The molecule has 1 aromatic heterocycles. The van der Waals surface area contributed by atoms with E-state index in [9.17, 15) is 16.8 Å². The van der Waals surface area contributed by atoms with Crippen molar-refractivity contribution in [3.63, 3.8) is 0 Å². The Labute approximate surface area is 158 Å². The van der Waals surface area contributed by atoms with Crippen LogP contribution in [0.25, 0.3) is 0 Å². The molecule has 0 bridgehead atoms. The van der Waals surface area contributed by atoms with Crippen LogP contribution in [0.4, 0.5) is 0 Å². The number of thiophene rings is 1. The van der Waals surface area contributed by atoms with E-state index in [0.29, 0.717) is 56.2 Å². The molecule has 0 amide bonds. The number of rotatable bonds is 10. The van der Waals surface area contributed by atoms with Gasteiger partial charge in [-0.05, 0) is 19.0 Å². The summed E-state index contributed by atoms with van der Waals surface area (Å²) >= 11 is 0.703. The van der Waals surface area contributed by atoms with E-state index in [1.807, 2.05) is 6.92 Å². The zero-order valence-electron chi connectivity index (χ0n) is 14.8. The predicted octanol–water partition coefficient (Wildman–Crippen LogP) is 0.104. The van der Waals surface area contributed by atoms with Crippen molar-refractivity contribution >= 4 is 31.4 Å². The van der Waals surface area contributed by atoms with Gasteiger partial charge in [0.2, 0.25) is 10.0 Å². The summed E-state index contributed by atoms with van der Waals surface area (Å²) in [5.41, 5.74) is 0.466. The second-order valence-corrected chi connectivity index (χ2v) is 10.8. The average molecular weight is 428 g/mol. The number of likely N-dealkylation sites (N-methyl/N-ethyl adjacent to an activating group) is 1. The monoisotopic (exact) mass is 427 g/mol. The Morgan fingerprint density at radius 3 is 2.73 bits per heavy atom. The third-order valence-electron chi connectivity index (χ3n) is 3.90. The molecule has 0 aliphatic carbocycles. The van der Waals surface area contributed by atoms with Crippen LogP contribution in [0.5, 0.6) is 0 Å². The fraction of sp³-hybridized carbons (Fsp3) is 0.714. The third-order valence-corrected chi connectivity index (χ3v) is 8.86. The molecule has 1 atom stereocenters. The Kier molecular flexibility index (Phi) is 7.56. The molecule has 0 saturated carbocycles. The van der Waals surface area contributed by atoms with Gasteiger partial charge >= 0.3 is 0 Å². The van der Waals surface area contributed by atoms with E-state index in [0.717, 1.165) is 0 Å². The Morgan fingerprint density at radius 1 is 1.38 bits per heavy atom. The predicted molar refractivity (Wildman–Crippen MR) is 98.2 cm³/mol. The number of hydrogen-bond donors (Lipinski definition) is 2. The van der Waals surface area contributed by atoms with Crippen LogP contribution in [-0.2, 0) is 29.5 Å². The lowest BCUT2D eigenvalue weighted by atomic mass is 10.1. The van der Waals surface area contributed by atoms with Gasteiger partial charge < -0.3 is 14.8 Å². The molecule has 26 heavy (non-hydrogen) atoms. The molecule has 150 valence electrons. The van der Waals surface area contributed by atoms with Crippen molar-refractivity contribution in [2.24, 2.45) is 5.14 Å². The number of primary sulfonamides is 1. The Hall–Kier alpha value is -0.600. The first-order valence-electron chi connectivity index (χ1n) is 8.18. The molecule has 0 saturated heterocycles. The maximum Gasteiger partial charge on any atom is 0.252 e. The molecule has 0 radical (unpaired) electrons. The molecular weight excluding hydrogens is 402 g/mol. The number of nitrogens with one attached hydrogen (secondary N) is 1. The smallest absolute Gasteiger partial charge is 0.252 e. The minimum Gasteiger partial charge on any atom is -0.382 e. The van der Waals surface area contributed by atoms with Gasteiger partial charge in [-0.1, -0.05) is 6.92 Å². The van der Waals surface area contributed by atoms with Crippen molar-refractivity contribution in [2.45, 2.75) is 27.8 Å². The van der Waals surface area contributed by atoms with Gasteiger partial charge in [-0.2, -0.15) is 4.31 Å². The Balaban J connectivity index is 2.19. The zero-order chi connectivity index (χ0) is 19.4. The molecule has 3 N–H and O–H groups in total. The molecule has 0 spiro atoms. The van der Waals surface area contributed by atoms with E-state index in [1.165, 1.54) is 10.4 Å². The number of methoxy groups -OCH3 is 1. The van der Waals surface area contributed by atoms with E-state index < -0.39 is 20.0 Å². The number of nitrogens with two attached hydrogens (primary N) is 1. The van der Waals surface area contributed by atoms with Crippen molar-refractivity contribution in [3.05, 3.63) is 11.6 Å². The summed E-state index contributed by atoms with van der Waals surface area (Å²) in [7, 11) is -6.13. The first-order chi connectivity index (χ1) is 12.2. The van der Waals surface area contributed by atoms with E-state index in [-0.39, 0.29) is 21.0 Å². The minimum absolute atomic E-state index is 0.0408. The zero-order valence-corrected chi connectivity index (χ0v) is 17.3. The van der Waals surface area contributed by atoms with Crippen molar-refractivity contribution in [1.29, 1.82) is 0 Å². The molecule has 1 aromatic rings. The van der Waals surface area contributed by atoms with Gasteiger partial charge in [0.15, 0.2) is 0 Å². The van der Waals surface area contributed by atoms with Gasteiger partial charge in [0, 0.05) is 38.4 Å². The van der Waals surface area contributed by atoms with Crippen LogP contribution in [0.15, 0.2) is 14.5 Å².